The van der Waals surface area contributed by atoms with Crippen LogP contribution in [0.3, 0.4) is 0 Å². The highest BCUT2D eigenvalue weighted by molar-refractivity contribution is 8.17. The number of thioether (sulfide) groups is 1. The summed E-state index contributed by atoms with van der Waals surface area (Å²) in [6.07, 6.45) is 0.992. The van der Waals surface area contributed by atoms with Crippen LogP contribution in [0.1, 0.15) is 18.2 Å². The van der Waals surface area contributed by atoms with E-state index in [1.54, 1.807) is 29.2 Å². The molecule has 0 saturated carbocycles. The van der Waals surface area contributed by atoms with E-state index >= 15 is 0 Å². The average Bonchev–Trinajstić information content (AvgIpc) is 3.10. The quantitative estimate of drug-likeness (QED) is 0.809. The normalized spacial score (nSPS) is 18.1. The Morgan fingerprint density at radius 1 is 1.40 bits per heavy atom. The van der Waals surface area contributed by atoms with Crippen LogP contribution in [0.5, 0.6) is 0 Å². The fourth-order valence-corrected chi connectivity index (χ4v) is 5.03. The van der Waals surface area contributed by atoms with E-state index < -0.39 is 0 Å². The van der Waals surface area contributed by atoms with Crippen LogP contribution in [0, 0.1) is 5.82 Å². The van der Waals surface area contributed by atoms with Crippen molar-refractivity contribution < 1.29 is 4.39 Å². The molecule has 1 aromatic heterocycles. The molecule has 0 saturated heterocycles. The summed E-state index contributed by atoms with van der Waals surface area (Å²) >= 11 is 3.44. The Morgan fingerprint density at radius 3 is 3.10 bits per heavy atom. The summed E-state index contributed by atoms with van der Waals surface area (Å²) in [7, 11) is 0. The highest BCUT2D eigenvalue weighted by Crippen LogP contribution is 2.45. The second-order valence-electron chi connectivity index (χ2n) is 4.81. The van der Waals surface area contributed by atoms with E-state index in [-0.39, 0.29) is 5.82 Å². The molecule has 2 aliphatic heterocycles. The lowest BCUT2D eigenvalue weighted by Crippen LogP contribution is -2.19. The molecule has 5 heteroatoms. The zero-order valence-corrected chi connectivity index (χ0v) is 12.7. The zero-order valence-electron chi connectivity index (χ0n) is 11.0. The van der Waals surface area contributed by atoms with Gasteiger partial charge in [-0.25, -0.2) is 4.39 Å². The lowest BCUT2D eigenvalue weighted by molar-refractivity contribution is 0.639. The highest BCUT2D eigenvalue weighted by atomic mass is 32.2. The predicted molar refractivity (Wildman–Crippen MR) is 85.6 cm³/mol. The smallest absolute Gasteiger partial charge is 0.168 e. The summed E-state index contributed by atoms with van der Waals surface area (Å²) in [5, 5.41) is 1.83. The third-order valence-corrected chi connectivity index (χ3v) is 5.98. The molecule has 0 aliphatic carbocycles. The molecule has 2 aromatic rings. The first-order valence-electron chi connectivity index (χ1n) is 6.69. The standard InChI is InChI=1S/C15H13FN2S2/c1-2-11-14(18-7-6-17-15(18)20-11)13-8-9-10(16)4-3-5-12(9)19-13/h3-5,8H,2,6-7H2,1H3. The Labute approximate surface area is 125 Å². The summed E-state index contributed by atoms with van der Waals surface area (Å²) in [6.45, 7) is 3.97. The van der Waals surface area contributed by atoms with Gasteiger partial charge in [-0.3, -0.25) is 4.99 Å². The summed E-state index contributed by atoms with van der Waals surface area (Å²) in [5.74, 6) is -0.135. The molecular formula is C15H13FN2S2. The molecule has 102 valence electrons. The van der Waals surface area contributed by atoms with E-state index in [0.29, 0.717) is 0 Å². The van der Waals surface area contributed by atoms with Crippen LogP contribution in [0.2, 0.25) is 0 Å². The van der Waals surface area contributed by atoms with Gasteiger partial charge in [0.2, 0.25) is 0 Å². The van der Waals surface area contributed by atoms with E-state index in [0.717, 1.165) is 39.6 Å². The maximum atomic E-state index is 13.9. The van der Waals surface area contributed by atoms with Gasteiger partial charge in [-0.05, 0) is 24.6 Å². The van der Waals surface area contributed by atoms with Crippen molar-refractivity contribution >= 4 is 44.0 Å². The van der Waals surface area contributed by atoms with Gasteiger partial charge in [0.05, 0.1) is 17.1 Å². The number of amidine groups is 1. The molecule has 4 rings (SSSR count). The zero-order chi connectivity index (χ0) is 13.7. The number of hydrogen-bond acceptors (Lipinski definition) is 4. The van der Waals surface area contributed by atoms with E-state index in [1.165, 1.54) is 16.7 Å². The Morgan fingerprint density at radius 2 is 2.30 bits per heavy atom. The van der Waals surface area contributed by atoms with Crippen LogP contribution in [-0.4, -0.2) is 23.2 Å². The number of nitrogens with zero attached hydrogens (tertiary/aromatic N) is 2. The van der Waals surface area contributed by atoms with Gasteiger partial charge >= 0.3 is 0 Å². The second kappa shape index (κ2) is 4.60. The molecule has 0 fully saturated rings. The fraction of sp³-hybridized carbons (Fsp3) is 0.267. The Kier molecular flexibility index (Phi) is 2.86. The molecule has 0 amide bonds. The molecule has 0 N–H and O–H groups in total. The van der Waals surface area contributed by atoms with E-state index in [4.69, 9.17) is 0 Å². The van der Waals surface area contributed by atoms with Crippen LogP contribution in [0.15, 0.2) is 34.2 Å². The maximum Gasteiger partial charge on any atom is 0.168 e. The molecule has 0 bridgehead atoms. The van der Waals surface area contributed by atoms with E-state index in [2.05, 4.69) is 16.8 Å². The first-order chi connectivity index (χ1) is 9.78. The monoisotopic (exact) mass is 304 g/mol. The van der Waals surface area contributed by atoms with Crippen molar-refractivity contribution in [1.82, 2.24) is 4.90 Å². The number of allylic oxidation sites excluding steroid dienone is 1. The van der Waals surface area contributed by atoms with E-state index in [1.807, 2.05) is 12.1 Å². The van der Waals surface area contributed by atoms with Crippen LogP contribution < -0.4 is 0 Å². The van der Waals surface area contributed by atoms with Gasteiger partial charge in [0.25, 0.3) is 0 Å². The van der Waals surface area contributed by atoms with Gasteiger partial charge in [0.15, 0.2) is 5.17 Å². The van der Waals surface area contributed by atoms with Crippen molar-refractivity contribution in [3.63, 3.8) is 0 Å². The average molecular weight is 304 g/mol. The molecule has 0 spiro atoms. The highest BCUT2D eigenvalue weighted by Gasteiger charge is 2.32. The fourth-order valence-electron chi connectivity index (χ4n) is 2.68. The summed E-state index contributed by atoms with van der Waals surface area (Å²) in [5.41, 5.74) is 1.24. The largest absolute Gasteiger partial charge is 0.317 e. The van der Waals surface area contributed by atoms with Gasteiger partial charge in [-0.1, -0.05) is 24.8 Å². The lowest BCUT2D eigenvalue weighted by Gasteiger charge is -2.15. The van der Waals surface area contributed by atoms with Crippen molar-refractivity contribution in [3.8, 4) is 0 Å². The molecule has 2 nitrogen and oxygen atoms in total. The molecule has 20 heavy (non-hydrogen) atoms. The minimum Gasteiger partial charge on any atom is -0.317 e. The number of benzene rings is 1. The first-order valence-corrected chi connectivity index (χ1v) is 8.32. The van der Waals surface area contributed by atoms with Crippen LogP contribution in [0.4, 0.5) is 4.39 Å². The van der Waals surface area contributed by atoms with Crippen molar-refractivity contribution in [2.75, 3.05) is 13.1 Å². The van der Waals surface area contributed by atoms with Crippen molar-refractivity contribution in [1.29, 1.82) is 0 Å². The summed E-state index contributed by atoms with van der Waals surface area (Å²) < 4.78 is 14.9. The minimum absolute atomic E-state index is 0.135. The van der Waals surface area contributed by atoms with Gasteiger partial charge in [-0.2, -0.15) is 0 Å². The molecule has 0 atom stereocenters. The Balaban J connectivity index is 1.89. The Hall–Kier alpha value is -1.33. The lowest BCUT2D eigenvalue weighted by atomic mass is 10.2. The first kappa shape index (κ1) is 12.4. The van der Waals surface area contributed by atoms with Crippen LogP contribution in [0.25, 0.3) is 15.8 Å². The predicted octanol–water partition coefficient (Wildman–Crippen LogP) is 4.54. The third kappa shape index (κ3) is 1.73. The number of thiophene rings is 1. The van der Waals surface area contributed by atoms with Crippen LogP contribution >= 0.6 is 23.1 Å². The van der Waals surface area contributed by atoms with Crippen molar-refractivity contribution in [3.05, 3.63) is 39.9 Å². The number of halogens is 1. The van der Waals surface area contributed by atoms with E-state index in [9.17, 15) is 4.39 Å². The molecular weight excluding hydrogens is 291 g/mol. The molecule has 0 unspecified atom stereocenters. The number of fused-ring (bicyclic) bond motifs is 2. The molecule has 0 radical (unpaired) electrons. The topological polar surface area (TPSA) is 15.6 Å². The Bertz CT molecular complexity index is 760. The van der Waals surface area contributed by atoms with Crippen molar-refractivity contribution in [2.24, 2.45) is 4.99 Å². The molecule has 1 aromatic carbocycles. The van der Waals surface area contributed by atoms with Gasteiger partial charge in [-0.15, -0.1) is 11.3 Å². The number of rotatable bonds is 2. The van der Waals surface area contributed by atoms with Crippen LogP contribution in [-0.2, 0) is 0 Å². The van der Waals surface area contributed by atoms with Gasteiger partial charge in [0, 0.05) is 21.5 Å². The minimum atomic E-state index is -0.135. The SMILES string of the molecule is CCC1=C(c2cc3c(F)cccc3s2)N2CCN=C2S1. The molecule has 3 heterocycles. The maximum absolute atomic E-state index is 13.9. The summed E-state index contributed by atoms with van der Waals surface area (Å²) in [4.78, 5) is 9.32. The van der Waals surface area contributed by atoms with Crippen molar-refractivity contribution in [2.45, 2.75) is 13.3 Å². The molecule has 2 aliphatic rings. The second-order valence-corrected chi connectivity index (χ2v) is 6.95. The number of aliphatic imine (C=N–C) groups is 1. The third-order valence-electron chi connectivity index (χ3n) is 3.61. The van der Waals surface area contributed by atoms with Gasteiger partial charge in [0.1, 0.15) is 5.82 Å². The summed E-state index contributed by atoms with van der Waals surface area (Å²) in [6, 6.07) is 7.28. The van der Waals surface area contributed by atoms with Gasteiger partial charge < -0.3 is 4.90 Å². The number of hydrogen-bond donors (Lipinski definition) is 0.